The number of halogens is 3. The third-order valence-corrected chi connectivity index (χ3v) is 4.96. The fourth-order valence-corrected chi connectivity index (χ4v) is 3.59. The summed E-state index contributed by atoms with van der Waals surface area (Å²) in [4.78, 5) is 14.3. The van der Waals surface area contributed by atoms with E-state index >= 15 is 0 Å². The van der Waals surface area contributed by atoms with Crippen molar-refractivity contribution in [1.82, 2.24) is 10.2 Å². The Morgan fingerprint density at radius 1 is 1.24 bits per heavy atom. The molecule has 2 aliphatic rings. The zero-order chi connectivity index (χ0) is 14.1. The minimum absolute atomic E-state index is 0. The van der Waals surface area contributed by atoms with Gasteiger partial charge in [0.1, 0.15) is 5.82 Å². The summed E-state index contributed by atoms with van der Waals surface area (Å²) < 4.78 is 14.6. The molecule has 0 unspecified atom stereocenters. The number of hydrogen-bond acceptors (Lipinski definition) is 2. The number of carbonyl (C=O) groups is 1. The predicted molar refractivity (Wildman–Crippen MR) is 86.3 cm³/mol. The van der Waals surface area contributed by atoms with E-state index in [2.05, 4.69) is 21.2 Å². The lowest BCUT2D eigenvalue weighted by atomic mass is 9.92. The lowest BCUT2D eigenvalue weighted by molar-refractivity contribution is 0.0754. The average molecular weight is 378 g/mol. The fourth-order valence-electron chi connectivity index (χ4n) is 3.25. The highest BCUT2D eigenvalue weighted by molar-refractivity contribution is 9.10. The largest absolute Gasteiger partial charge is 0.339 e. The third-order valence-electron chi connectivity index (χ3n) is 4.47. The molecule has 6 heteroatoms. The van der Waals surface area contributed by atoms with Crippen LogP contribution in [0.3, 0.4) is 0 Å². The molecule has 2 atom stereocenters. The van der Waals surface area contributed by atoms with E-state index in [1.165, 1.54) is 6.07 Å². The first-order valence-corrected chi connectivity index (χ1v) is 7.89. The molecular weight excluding hydrogens is 359 g/mol. The van der Waals surface area contributed by atoms with Gasteiger partial charge in [0.05, 0.1) is 5.56 Å². The van der Waals surface area contributed by atoms with Crippen LogP contribution in [-0.2, 0) is 0 Å². The molecule has 0 aliphatic carbocycles. The van der Waals surface area contributed by atoms with Gasteiger partial charge in [-0.1, -0.05) is 15.9 Å². The van der Waals surface area contributed by atoms with Gasteiger partial charge in [-0.3, -0.25) is 4.79 Å². The van der Waals surface area contributed by atoms with Gasteiger partial charge in [0.25, 0.3) is 5.91 Å². The first-order valence-electron chi connectivity index (χ1n) is 7.10. The molecule has 0 spiro atoms. The maximum atomic E-state index is 13.9. The van der Waals surface area contributed by atoms with Gasteiger partial charge in [-0.15, -0.1) is 12.4 Å². The van der Waals surface area contributed by atoms with Crippen LogP contribution in [0.5, 0.6) is 0 Å². The monoisotopic (exact) mass is 376 g/mol. The molecule has 116 valence electrons. The molecule has 1 N–H and O–H groups in total. The highest BCUT2D eigenvalue weighted by atomic mass is 79.9. The topological polar surface area (TPSA) is 32.3 Å². The van der Waals surface area contributed by atoms with Crippen LogP contribution < -0.4 is 5.32 Å². The number of hydrogen-bond donors (Lipinski definition) is 1. The summed E-state index contributed by atoms with van der Waals surface area (Å²) in [5, 5.41) is 3.41. The number of benzene rings is 1. The quantitative estimate of drug-likeness (QED) is 0.816. The van der Waals surface area contributed by atoms with E-state index in [1.807, 2.05) is 4.90 Å². The van der Waals surface area contributed by atoms with Crippen molar-refractivity contribution in [3.63, 3.8) is 0 Å². The SMILES string of the molecule is Cl.O=C(c1ccc(Br)cc1F)N1CC[C@@H]2CNC[C@@H]2CC1. The van der Waals surface area contributed by atoms with Gasteiger partial charge in [0.2, 0.25) is 0 Å². The van der Waals surface area contributed by atoms with Crippen molar-refractivity contribution in [2.45, 2.75) is 12.8 Å². The molecule has 0 radical (unpaired) electrons. The van der Waals surface area contributed by atoms with E-state index in [0.717, 1.165) is 39.0 Å². The molecule has 2 aliphatic heterocycles. The molecule has 21 heavy (non-hydrogen) atoms. The van der Waals surface area contributed by atoms with Crippen molar-refractivity contribution < 1.29 is 9.18 Å². The number of rotatable bonds is 1. The smallest absolute Gasteiger partial charge is 0.256 e. The molecule has 1 aromatic carbocycles. The third kappa shape index (κ3) is 3.58. The minimum Gasteiger partial charge on any atom is -0.339 e. The van der Waals surface area contributed by atoms with Gasteiger partial charge >= 0.3 is 0 Å². The molecule has 1 amide bonds. The van der Waals surface area contributed by atoms with Crippen molar-refractivity contribution in [2.75, 3.05) is 26.2 Å². The second kappa shape index (κ2) is 7.07. The Morgan fingerprint density at radius 3 is 2.43 bits per heavy atom. The zero-order valence-corrected chi connectivity index (χ0v) is 14.1. The van der Waals surface area contributed by atoms with Crippen molar-refractivity contribution in [2.24, 2.45) is 11.8 Å². The molecule has 2 saturated heterocycles. The summed E-state index contributed by atoms with van der Waals surface area (Å²) in [6, 6.07) is 4.63. The Labute approximate surface area is 138 Å². The van der Waals surface area contributed by atoms with Crippen molar-refractivity contribution in [3.8, 4) is 0 Å². The predicted octanol–water partition coefficient (Wildman–Crippen LogP) is 3.08. The summed E-state index contributed by atoms with van der Waals surface area (Å²) in [6.45, 7) is 3.58. The Kier molecular flexibility index (Phi) is 5.63. The first-order chi connectivity index (χ1) is 9.65. The minimum atomic E-state index is -0.449. The molecule has 3 nitrogen and oxygen atoms in total. The van der Waals surface area contributed by atoms with Crippen LogP contribution in [0.1, 0.15) is 23.2 Å². The van der Waals surface area contributed by atoms with E-state index in [-0.39, 0.29) is 23.9 Å². The summed E-state index contributed by atoms with van der Waals surface area (Å²) in [7, 11) is 0. The maximum absolute atomic E-state index is 13.9. The molecule has 2 fully saturated rings. The standard InChI is InChI=1S/C15H18BrFN2O.ClH/c16-12-1-2-13(14(17)7-12)15(20)19-5-3-10-8-18-9-11(10)4-6-19;/h1-2,7,10-11,18H,3-6,8-9H2;1H/t10-,11+;. The molecular formula is C15H19BrClFN2O. The molecule has 0 saturated carbocycles. The van der Waals surface area contributed by atoms with Crippen LogP contribution in [0.4, 0.5) is 4.39 Å². The van der Waals surface area contributed by atoms with Gasteiger partial charge in [0, 0.05) is 17.6 Å². The number of likely N-dealkylation sites (tertiary alicyclic amines) is 1. The van der Waals surface area contributed by atoms with Crippen LogP contribution in [0.15, 0.2) is 22.7 Å². The van der Waals surface area contributed by atoms with Gasteiger partial charge in [-0.2, -0.15) is 0 Å². The van der Waals surface area contributed by atoms with Crippen molar-refractivity contribution in [3.05, 3.63) is 34.1 Å². The Morgan fingerprint density at radius 2 is 1.86 bits per heavy atom. The number of amides is 1. The van der Waals surface area contributed by atoms with Crippen LogP contribution in [0.2, 0.25) is 0 Å². The first kappa shape index (κ1) is 16.7. The summed E-state index contributed by atoms with van der Waals surface area (Å²) in [5.74, 6) is 0.712. The highest BCUT2D eigenvalue weighted by Gasteiger charge is 2.32. The number of nitrogens with one attached hydrogen (secondary N) is 1. The van der Waals surface area contributed by atoms with E-state index in [0.29, 0.717) is 16.3 Å². The van der Waals surface area contributed by atoms with E-state index < -0.39 is 5.82 Å². The normalized spacial score (nSPS) is 25.0. The zero-order valence-electron chi connectivity index (χ0n) is 11.6. The van der Waals surface area contributed by atoms with E-state index in [9.17, 15) is 9.18 Å². The number of carbonyl (C=O) groups excluding carboxylic acids is 1. The Balaban J connectivity index is 0.00000161. The molecule has 2 heterocycles. The van der Waals surface area contributed by atoms with Gasteiger partial charge < -0.3 is 10.2 Å². The van der Waals surface area contributed by atoms with Crippen molar-refractivity contribution in [1.29, 1.82) is 0 Å². The van der Waals surface area contributed by atoms with Crippen LogP contribution in [-0.4, -0.2) is 37.0 Å². The molecule has 1 aromatic rings. The van der Waals surface area contributed by atoms with E-state index in [1.54, 1.807) is 12.1 Å². The second-order valence-corrected chi connectivity index (χ2v) is 6.59. The summed E-state index contributed by atoms with van der Waals surface area (Å²) in [6.07, 6.45) is 2.03. The summed E-state index contributed by atoms with van der Waals surface area (Å²) >= 11 is 3.21. The number of fused-ring (bicyclic) bond motifs is 1. The van der Waals surface area contributed by atoms with Crippen LogP contribution in [0.25, 0.3) is 0 Å². The summed E-state index contributed by atoms with van der Waals surface area (Å²) in [5.41, 5.74) is 0.179. The van der Waals surface area contributed by atoms with Gasteiger partial charge in [-0.25, -0.2) is 4.39 Å². The maximum Gasteiger partial charge on any atom is 0.256 e. The molecule has 0 aromatic heterocycles. The second-order valence-electron chi connectivity index (χ2n) is 5.67. The molecule has 0 bridgehead atoms. The van der Waals surface area contributed by atoms with Crippen molar-refractivity contribution >= 4 is 34.2 Å². The van der Waals surface area contributed by atoms with Gasteiger partial charge in [-0.05, 0) is 56.0 Å². The van der Waals surface area contributed by atoms with E-state index in [4.69, 9.17) is 0 Å². The van der Waals surface area contributed by atoms with Crippen LogP contribution in [0, 0.1) is 17.7 Å². The fraction of sp³-hybridized carbons (Fsp3) is 0.533. The lowest BCUT2D eigenvalue weighted by Crippen LogP contribution is -2.33. The van der Waals surface area contributed by atoms with Crippen LogP contribution >= 0.6 is 28.3 Å². The Bertz CT molecular complexity index is 514. The average Bonchev–Trinajstić information content (AvgIpc) is 2.77. The number of nitrogens with zero attached hydrogens (tertiary/aromatic N) is 1. The van der Waals surface area contributed by atoms with Gasteiger partial charge in [0.15, 0.2) is 0 Å². The highest BCUT2D eigenvalue weighted by Crippen LogP contribution is 2.28. The lowest BCUT2D eigenvalue weighted by Gasteiger charge is -2.21. The Hall–Kier alpha value is -0.650. The molecule has 3 rings (SSSR count).